The largest absolute Gasteiger partial charge is 0.409 e. The summed E-state index contributed by atoms with van der Waals surface area (Å²) in [4.78, 5) is 11.2. The van der Waals surface area contributed by atoms with Crippen molar-refractivity contribution in [2.75, 3.05) is 5.32 Å². The standard InChI is InChI=1S/C9H9F6N3O/c1-2-4-3-16-18-6(4)17-7(19)5(8(10,11)12)9(13,14)15/h3,5H,2H2,1H3,(H2,16,17,18,19). The number of aromatic amines is 1. The summed E-state index contributed by atoms with van der Waals surface area (Å²) in [5.41, 5.74) is 0.302. The van der Waals surface area contributed by atoms with Crippen molar-refractivity contribution in [2.45, 2.75) is 25.7 Å². The van der Waals surface area contributed by atoms with Crippen LogP contribution in [0.4, 0.5) is 32.2 Å². The van der Waals surface area contributed by atoms with Crippen molar-refractivity contribution in [2.24, 2.45) is 5.92 Å². The molecule has 0 radical (unpaired) electrons. The van der Waals surface area contributed by atoms with Gasteiger partial charge in [0.05, 0.1) is 6.20 Å². The summed E-state index contributed by atoms with van der Waals surface area (Å²) in [6, 6.07) is 0. The second-order valence-corrected chi connectivity index (χ2v) is 3.63. The highest BCUT2D eigenvalue weighted by molar-refractivity contribution is 5.93. The average molecular weight is 289 g/mol. The van der Waals surface area contributed by atoms with Gasteiger partial charge in [0, 0.05) is 5.56 Å². The number of nitrogens with one attached hydrogen (secondary N) is 2. The predicted octanol–water partition coefficient (Wildman–Crippen LogP) is 2.65. The van der Waals surface area contributed by atoms with Crippen LogP contribution < -0.4 is 5.32 Å². The molecule has 0 saturated carbocycles. The Balaban J connectivity index is 2.97. The van der Waals surface area contributed by atoms with E-state index in [1.54, 1.807) is 12.2 Å². The van der Waals surface area contributed by atoms with Crippen LogP contribution in [0.25, 0.3) is 0 Å². The molecule has 1 aromatic rings. The first-order valence-electron chi connectivity index (χ1n) is 5.04. The summed E-state index contributed by atoms with van der Waals surface area (Å²) in [6.45, 7) is 1.60. The molecule has 2 N–H and O–H groups in total. The summed E-state index contributed by atoms with van der Waals surface area (Å²) in [6.07, 6.45) is -9.94. The van der Waals surface area contributed by atoms with Crippen LogP contribution in [0.3, 0.4) is 0 Å². The lowest BCUT2D eigenvalue weighted by Crippen LogP contribution is -2.45. The molecule has 1 amide bonds. The van der Waals surface area contributed by atoms with E-state index in [1.807, 2.05) is 0 Å². The molecule has 1 aromatic heterocycles. The van der Waals surface area contributed by atoms with Crippen molar-refractivity contribution in [3.8, 4) is 0 Å². The third kappa shape index (κ3) is 3.61. The van der Waals surface area contributed by atoms with E-state index in [1.165, 1.54) is 6.20 Å². The number of hydrogen-bond donors (Lipinski definition) is 2. The van der Waals surface area contributed by atoms with Gasteiger partial charge in [-0.25, -0.2) is 0 Å². The number of rotatable bonds is 3. The molecule has 0 aliphatic rings. The monoisotopic (exact) mass is 289 g/mol. The number of amides is 1. The number of alkyl halides is 6. The number of carbonyl (C=O) groups excluding carboxylic acids is 1. The molecular formula is C9H9F6N3O. The number of aryl methyl sites for hydroxylation is 1. The van der Waals surface area contributed by atoms with Crippen LogP contribution in [0.2, 0.25) is 0 Å². The molecule has 0 spiro atoms. The molecule has 4 nitrogen and oxygen atoms in total. The van der Waals surface area contributed by atoms with E-state index >= 15 is 0 Å². The Morgan fingerprint density at radius 1 is 1.32 bits per heavy atom. The highest BCUT2D eigenvalue weighted by Crippen LogP contribution is 2.39. The molecule has 19 heavy (non-hydrogen) atoms. The minimum absolute atomic E-state index is 0.272. The van der Waals surface area contributed by atoms with Crippen molar-refractivity contribution in [1.82, 2.24) is 10.2 Å². The van der Waals surface area contributed by atoms with Crippen molar-refractivity contribution in [3.05, 3.63) is 11.8 Å². The van der Waals surface area contributed by atoms with Crippen LogP contribution in [0.5, 0.6) is 0 Å². The molecular weight excluding hydrogens is 280 g/mol. The van der Waals surface area contributed by atoms with Crippen LogP contribution in [0.15, 0.2) is 6.20 Å². The Hall–Kier alpha value is -1.74. The van der Waals surface area contributed by atoms with Crippen molar-refractivity contribution >= 4 is 11.7 Å². The van der Waals surface area contributed by atoms with E-state index in [-0.39, 0.29) is 12.2 Å². The van der Waals surface area contributed by atoms with Crippen LogP contribution in [-0.4, -0.2) is 28.5 Å². The van der Waals surface area contributed by atoms with Crippen molar-refractivity contribution in [1.29, 1.82) is 0 Å². The van der Waals surface area contributed by atoms with E-state index in [2.05, 4.69) is 10.2 Å². The van der Waals surface area contributed by atoms with Crippen molar-refractivity contribution < 1.29 is 31.1 Å². The summed E-state index contributed by atoms with van der Waals surface area (Å²) >= 11 is 0. The van der Waals surface area contributed by atoms with Crippen LogP contribution >= 0.6 is 0 Å². The topological polar surface area (TPSA) is 57.8 Å². The van der Waals surface area contributed by atoms with Gasteiger partial charge in [0.15, 0.2) is 0 Å². The number of nitrogens with zero attached hydrogens (tertiary/aromatic N) is 1. The average Bonchev–Trinajstić information content (AvgIpc) is 2.59. The normalized spacial score (nSPS) is 12.8. The van der Waals surface area contributed by atoms with Crippen LogP contribution in [0.1, 0.15) is 12.5 Å². The predicted molar refractivity (Wildman–Crippen MR) is 52.2 cm³/mol. The quantitative estimate of drug-likeness (QED) is 0.840. The summed E-state index contributed by atoms with van der Waals surface area (Å²) in [5, 5.41) is 7.11. The van der Waals surface area contributed by atoms with Gasteiger partial charge in [-0.2, -0.15) is 31.4 Å². The van der Waals surface area contributed by atoms with Gasteiger partial charge in [-0.1, -0.05) is 6.92 Å². The molecule has 0 aliphatic heterocycles. The highest BCUT2D eigenvalue weighted by atomic mass is 19.4. The molecule has 0 aromatic carbocycles. The first-order chi connectivity index (χ1) is 8.57. The lowest BCUT2D eigenvalue weighted by molar-refractivity contribution is -0.272. The first kappa shape index (κ1) is 15.3. The molecule has 0 aliphatic carbocycles. The van der Waals surface area contributed by atoms with Gasteiger partial charge in [0.1, 0.15) is 5.82 Å². The van der Waals surface area contributed by atoms with E-state index in [4.69, 9.17) is 0 Å². The maximum absolute atomic E-state index is 12.3. The zero-order valence-corrected chi connectivity index (χ0v) is 9.49. The second kappa shape index (κ2) is 5.10. The molecule has 1 rings (SSSR count). The van der Waals surface area contributed by atoms with Gasteiger partial charge < -0.3 is 5.32 Å². The fourth-order valence-electron chi connectivity index (χ4n) is 1.37. The SMILES string of the molecule is CCc1cn[nH]c1NC(=O)C(C(F)(F)F)C(F)(F)F. The number of carbonyl (C=O) groups is 1. The fourth-order valence-corrected chi connectivity index (χ4v) is 1.37. The van der Waals surface area contributed by atoms with Gasteiger partial charge in [-0.3, -0.25) is 9.89 Å². The Morgan fingerprint density at radius 2 is 1.84 bits per heavy atom. The summed E-state index contributed by atoms with van der Waals surface area (Å²) < 4.78 is 73.6. The molecule has 0 atom stereocenters. The molecule has 0 unspecified atom stereocenters. The van der Waals surface area contributed by atoms with Crippen LogP contribution in [0, 0.1) is 5.92 Å². The van der Waals surface area contributed by atoms with E-state index in [9.17, 15) is 31.1 Å². The Labute approximate surface area is 103 Å². The van der Waals surface area contributed by atoms with E-state index in [0.29, 0.717) is 5.56 Å². The molecule has 1 heterocycles. The summed E-state index contributed by atoms with van der Waals surface area (Å²) in [7, 11) is 0. The number of H-pyrrole nitrogens is 1. The van der Waals surface area contributed by atoms with Gasteiger partial charge in [0.2, 0.25) is 11.8 Å². The van der Waals surface area contributed by atoms with Gasteiger partial charge >= 0.3 is 12.4 Å². The number of hydrogen-bond acceptors (Lipinski definition) is 2. The van der Waals surface area contributed by atoms with Gasteiger partial charge in [-0.15, -0.1) is 0 Å². The number of anilines is 1. The fraction of sp³-hybridized carbons (Fsp3) is 0.556. The zero-order valence-electron chi connectivity index (χ0n) is 9.49. The minimum atomic E-state index is -5.71. The Bertz CT molecular complexity index is 436. The number of halogens is 6. The van der Waals surface area contributed by atoms with E-state index in [0.717, 1.165) is 0 Å². The van der Waals surface area contributed by atoms with Gasteiger partial charge in [-0.05, 0) is 6.42 Å². The highest BCUT2D eigenvalue weighted by Gasteiger charge is 2.61. The van der Waals surface area contributed by atoms with Crippen molar-refractivity contribution in [3.63, 3.8) is 0 Å². The third-order valence-corrected chi connectivity index (χ3v) is 2.26. The zero-order chi connectivity index (χ0) is 14.8. The smallest absolute Gasteiger partial charge is 0.310 e. The lowest BCUT2D eigenvalue weighted by atomic mass is 10.1. The summed E-state index contributed by atoms with van der Waals surface area (Å²) in [5.74, 6) is -6.54. The molecule has 0 saturated heterocycles. The lowest BCUT2D eigenvalue weighted by Gasteiger charge is -2.21. The molecule has 10 heteroatoms. The van der Waals surface area contributed by atoms with Gasteiger partial charge in [0.25, 0.3) is 0 Å². The third-order valence-electron chi connectivity index (χ3n) is 2.26. The van der Waals surface area contributed by atoms with E-state index < -0.39 is 24.2 Å². The molecule has 108 valence electrons. The van der Waals surface area contributed by atoms with Crippen LogP contribution in [-0.2, 0) is 11.2 Å². The molecule has 0 fully saturated rings. The maximum Gasteiger partial charge on any atom is 0.409 e. The minimum Gasteiger partial charge on any atom is -0.310 e. The second-order valence-electron chi connectivity index (χ2n) is 3.63. The number of aromatic nitrogens is 2. The molecule has 0 bridgehead atoms. The Morgan fingerprint density at radius 3 is 2.26 bits per heavy atom. The first-order valence-corrected chi connectivity index (χ1v) is 5.04. The maximum atomic E-state index is 12.3. The Kier molecular flexibility index (Phi) is 4.11.